The molecule has 0 fully saturated rings. The van der Waals surface area contributed by atoms with Gasteiger partial charge in [-0.15, -0.1) is 0 Å². The molecular formula is C17H12N6O3S. The van der Waals surface area contributed by atoms with Crippen molar-refractivity contribution in [3.8, 4) is 28.5 Å². The third-order valence-electron chi connectivity index (χ3n) is 3.77. The minimum absolute atomic E-state index is 0.318. The third-order valence-corrected chi connectivity index (χ3v) is 4.34. The minimum Gasteiger partial charge on any atom is -0.429 e. The number of nitrogens with zero attached hydrogens (tertiary/aromatic N) is 4. The van der Waals surface area contributed by atoms with E-state index < -0.39 is 0 Å². The molecule has 0 bridgehead atoms. The zero-order valence-electron chi connectivity index (χ0n) is 14.0. The summed E-state index contributed by atoms with van der Waals surface area (Å²) in [6.07, 6.45) is 3.51. The lowest BCUT2D eigenvalue weighted by Gasteiger charge is -2.02. The Morgan fingerprint density at radius 3 is 2.85 bits per heavy atom. The lowest BCUT2D eigenvalue weighted by Crippen LogP contribution is -2.12. The molecule has 0 radical (unpaired) electrons. The molecule has 3 aromatic heterocycles. The maximum atomic E-state index is 12.3. The Balaban J connectivity index is 1.80. The first-order valence-corrected chi connectivity index (χ1v) is 8.98. The van der Waals surface area contributed by atoms with Crippen molar-refractivity contribution in [3.05, 3.63) is 46.9 Å². The van der Waals surface area contributed by atoms with E-state index >= 15 is 0 Å². The van der Waals surface area contributed by atoms with Gasteiger partial charge < -0.3 is 9.72 Å². The second kappa shape index (κ2) is 7.00. The molecule has 4 aromatic rings. The Morgan fingerprint density at radius 2 is 2.04 bits per heavy atom. The first kappa shape index (κ1) is 16.9. The zero-order valence-corrected chi connectivity index (χ0v) is 14.8. The molecule has 3 heterocycles. The van der Waals surface area contributed by atoms with Gasteiger partial charge >= 0.3 is 0 Å². The summed E-state index contributed by atoms with van der Waals surface area (Å²) in [6, 6.07) is 8.28. The molecule has 0 unspecified atom stereocenters. The van der Waals surface area contributed by atoms with Crippen LogP contribution >= 0.6 is 11.8 Å². The number of fused-ring (bicyclic) bond motifs is 1. The summed E-state index contributed by atoms with van der Waals surface area (Å²) in [5.74, 6) is 0.750. The number of rotatable bonds is 5. The van der Waals surface area contributed by atoms with Crippen molar-refractivity contribution in [2.75, 3.05) is 6.26 Å². The van der Waals surface area contributed by atoms with E-state index in [-0.39, 0.29) is 5.56 Å². The Kier molecular flexibility index (Phi) is 4.38. The average molecular weight is 380 g/mol. The van der Waals surface area contributed by atoms with E-state index in [9.17, 15) is 9.59 Å². The summed E-state index contributed by atoms with van der Waals surface area (Å²) in [4.78, 5) is 38.8. The fourth-order valence-corrected chi connectivity index (χ4v) is 2.90. The summed E-state index contributed by atoms with van der Waals surface area (Å²) in [5.41, 5.74) is 2.28. The molecule has 0 saturated carbocycles. The number of H-pyrrole nitrogens is 2. The van der Waals surface area contributed by atoms with Gasteiger partial charge in [-0.1, -0.05) is 11.8 Å². The van der Waals surface area contributed by atoms with Gasteiger partial charge in [0.25, 0.3) is 12.0 Å². The van der Waals surface area contributed by atoms with Crippen LogP contribution in [0, 0.1) is 0 Å². The number of imidazole rings is 1. The van der Waals surface area contributed by atoms with Crippen LogP contribution in [0.15, 0.2) is 46.5 Å². The van der Waals surface area contributed by atoms with Crippen LogP contribution in [0.4, 0.5) is 0 Å². The number of carbonyl (C=O) groups is 1. The largest absolute Gasteiger partial charge is 0.429 e. The van der Waals surface area contributed by atoms with Crippen LogP contribution in [0.2, 0.25) is 0 Å². The van der Waals surface area contributed by atoms with Crippen LogP contribution < -0.4 is 10.3 Å². The Bertz CT molecular complexity index is 1200. The molecule has 134 valence electrons. The Morgan fingerprint density at radius 1 is 1.15 bits per heavy atom. The molecule has 0 aliphatic heterocycles. The highest BCUT2D eigenvalue weighted by Crippen LogP contribution is 2.24. The van der Waals surface area contributed by atoms with Crippen molar-refractivity contribution in [2.24, 2.45) is 0 Å². The van der Waals surface area contributed by atoms with E-state index in [4.69, 9.17) is 4.74 Å². The normalized spacial score (nSPS) is 10.9. The molecule has 0 atom stereocenters. The SMILES string of the molecule is CSc1nccc(-c2cc(-c3nc4ccc(OC=O)cc4[nH]3)c(=O)[nH]n2)n1. The number of carbonyl (C=O) groups excluding carboxylic acids is 1. The first-order chi connectivity index (χ1) is 13.2. The molecule has 1 aromatic carbocycles. The molecule has 0 aliphatic rings. The lowest BCUT2D eigenvalue weighted by molar-refractivity contribution is -0.120. The lowest BCUT2D eigenvalue weighted by atomic mass is 10.2. The van der Waals surface area contributed by atoms with Crippen molar-refractivity contribution >= 4 is 29.3 Å². The van der Waals surface area contributed by atoms with Gasteiger partial charge in [0.05, 0.1) is 22.3 Å². The number of aromatic amines is 2. The van der Waals surface area contributed by atoms with Crippen LogP contribution in [0.5, 0.6) is 5.75 Å². The number of hydrogen-bond donors (Lipinski definition) is 2. The molecule has 10 heteroatoms. The fraction of sp³-hybridized carbons (Fsp3) is 0.0588. The van der Waals surface area contributed by atoms with E-state index in [1.54, 1.807) is 36.5 Å². The highest BCUT2D eigenvalue weighted by Gasteiger charge is 2.13. The maximum absolute atomic E-state index is 12.3. The summed E-state index contributed by atoms with van der Waals surface area (Å²) >= 11 is 1.41. The molecule has 0 saturated heterocycles. The number of aromatic nitrogens is 6. The number of hydrogen-bond acceptors (Lipinski definition) is 8. The third kappa shape index (κ3) is 3.29. The molecule has 2 N–H and O–H groups in total. The van der Waals surface area contributed by atoms with E-state index in [2.05, 4.69) is 30.1 Å². The van der Waals surface area contributed by atoms with Gasteiger partial charge in [-0.2, -0.15) is 5.10 Å². The molecule has 0 spiro atoms. The zero-order chi connectivity index (χ0) is 18.8. The minimum atomic E-state index is -0.388. The summed E-state index contributed by atoms with van der Waals surface area (Å²) in [6.45, 7) is 0.350. The monoisotopic (exact) mass is 380 g/mol. The topological polar surface area (TPSA) is 127 Å². The molecule has 27 heavy (non-hydrogen) atoms. The van der Waals surface area contributed by atoms with Crippen LogP contribution in [0.3, 0.4) is 0 Å². The number of benzene rings is 1. The fourth-order valence-electron chi connectivity index (χ4n) is 2.54. The molecule has 4 rings (SSSR count). The second-order valence-electron chi connectivity index (χ2n) is 5.40. The quantitative estimate of drug-likeness (QED) is 0.306. The van der Waals surface area contributed by atoms with Gasteiger partial charge in [0.2, 0.25) is 0 Å². The summed E-state index contributed by atoms with van der Waals surface area (Å²) in [7, 11) is 0. The molecule has 0 aliphatic carbocycles. The predicted octanol–water partition coefficient (Wildman–Crippen LogP) is 2.03. The van der Waals surface area contributed by atoms with Gasteiger partial charge in [0, 0.05) is 12.3 Å². The Labute approximate surface area is 156 Å². The highest BCUT2D eigenvalue weighted by atomic mass is 32.2. The molecule has 9 nitrogen and oxygen atoms in total. The smallest absolute Gasteiger partial charge is 0.298 e. The van der Waals surface area contributed by atoms with E-state index in [0.29, 0.717) is 51.2 Å². The van der Waals surface area contributed by atoms with E-state index in [1.807, 2.05) is 6.26 Å². The van der Waals surface area contributed by atoms with Crippen molar-refractivity contribution in [2.45, 2.75) is 5.16 Å². The highest BCUT2D eigenvalue weighted by molar-refractivity contribution is 7.98. The average Bonchev–Trinajstić information content (AvgIpc) is 3.12. The number of ether oxygens (including phenoxy) is 1. The summed E-state index contributed by atoms with van der Waals surface area (Å²) in [5, 5.41) is 7.15. The van der Waals surface area contributed by atoms with Crippen molar-refractivity contribution < 1.29 is 9.53 Å². The number of thioether (sulfide) groups is 1. The predicted molar refractivity (Wildman–Crippen MR) is 99.4 cm³/mol. The van der Waals surface area contributed by atoms with Gasteiger partial charge in [-0.25, -0.2) is 20.1 Å². The van der Waals surface area contributed by atoms with Gasteiger partial charge in [-0.05, 0) is 30.5 Å². The number of nitrogens with one attached hydrogen (secondary N) is 2. The van der Waals surface area contributed by atoms with Gasteiger partial charge in [-0.3, -0.25) is 9.59 Å². The van der Waals surface area contributed by atoms with Crippen LogP contribution in [-0.2, 0) is 4.79 Å². The molecule has 0 amide bonds. The first-order valence-electron chi connectivity index (χ1n) is 7.75. The summed E-state index contributed by atoms with van der Waals surface area (Å²) < 4.78 is 4.83. The van der Waals surface area contributed by atoms with Crippen molar-refractivity contribution in [1.82, 2.24) is 30.1 Å². The van der Waals surface area contributed by atoms with Crippen molar-refractivity contribution in [3.63, 3.8) is 0 Å². The van der Waals surface area contributed by atoms with Gasteiger partial charge in [0.15, 0.2) is 5.16 Å². The second-order valence-corrected chi connectivity index (χ2v) is 6.18. The Hall–Kier alpha value is -3.53. The standard InChI is InChI=1S/C17H12N6O3S/c1-27-17-18-5-4-12(21-17)14-7-10(16(25)23-22-14)15-19-11-3-2-9(26-8-24)6-13(11)20-15/h2-8H,1H3,(H,19,20)(H,23,25). The van der Waals surface area contributed by atoms with Gasteiger partial charge in [0.1, 0.15) is 17.3 Å². The maximum Gasteiger partial charge on any atom is 0.298 e. The van der Waals surface area contributed by atoms with Crippen molar-refractivity contribution in [1.29, 1.82) is 0 Å². The van der Waals surface area contributed by atoms with Crippen LogP contribution in [0.25, 0.3) is 33.8 Å². The van der Waals surface area contributed by atoms with E-state index in [0.717, 1.165) is 0 Å². The van der Waals surface area contributed by atoms with Crippen LogP contribution in [0.1, 0.15) is 0 Å². The van der Waals surface area contributed by atoms with E-state index in [1.165, 1.54) is 11.8 Å². The van der Waals surface area contributed by atoms with Crippen LogP contribution in [-0.4, -0.2) is 42.9 Å². The molecular weight excluding hydrogens is 368 g/mol.